The number of nitrogens with one attached hydrogen (secondary N) is 1. The maximum atomic E-state index is 9.55. The Kier molecular flexibility index (Phi) is 6.27. The molecule has 3 N–H and O–H groups in total. The van der Waals surface area contributed by atoms with Crippen LogP contribution in [-0.2, 0) is 9.59 Å². The van der Waals surface area contributed by atoms with Crippen molar-refractivity contribution in [3.8, 4) is 0 Å². The highest BCUT2D eigenvalue weighted by Crippen LogP contribution is 1.98. The second kappa shape index (κ2) is 7.22. The maximum Gasteiger partial charge on any atom is 0.328 e. The van der Waals surface area contributed by atoms with Crippen molar-refractivity contribution < 1.29 is 19.8 Å². The average molecular weight is 226 g/mol. The Morgan fingerprint density at radius 3 is 2.12 bits per heavy atom. The Hall–Kier alpha value is -2.11. The van der Waals surface area contributed by atoms with E-state index >= 15 is 0 Å². The van der Waals surface area contributed by atoms with E-state index in [4.69, 9.17) is 15.6 Å². The van der Waals surface area contributed by atoms with Crippen LogP contribution in [0, 0.1) is 5.41 Å². The largest absolute Gasteiger partial charge is 0.478 e. The topological polar surface area (TPSA) is 102 Å². The third kappa shape index (κ3) is 7.31. The molecule has 16 heavy (non-hydrogen) atoms. The fourth-order valence-electron chi connectivity index (χ4n) is 0.853. The standard InChI is InChI=1S/C6H10N2.C4H4O4/c1-8-5-3-2-4-6(8)7;5-3(6)1-2-4(7)8/h2,4,7H,3,5H2,1H3;1-2H,(H,5,6)(H,7,8)/b;2-1+. The van der Waals surface area contributed by atoms with E-state index in [2.05, 4.69) is 0 Å². The van der Waals surface area contributed by atoms with Gasteiger partial charge in [-0.2, -0.15) is 0 Å². The summed E-state index contributed by atoms with van der Waals surface area (Å²) >= 11 is 0. The van der Waals surface area contributed by atoms with Gasteiger partial charge in [0.05, 0.1) is 0 Å². The van der Waals surface area contributed by atoms with E-state index in [9.17, 15) is 9.59 Å². The minimum atomic E-state index is -1.26. The third-order valence-electron chi connectivity index (χ3n) is 1.69. The zero-order valence-electron chi connectivity index (χ0n) is 8.88. The van der Waals surface area contributed by atoms with Crippen molar-refractivity contribution in [1.82, 2.24) is 4.90 Å². The molecule has 6 heteroatoms. The minimum absolute atomic E-state index is 0.558. The summed E-state index contributed by atoms with van der Waals surface area (Å²) in [7, 11) is 1.94. The zero-order chi connectivity index (χ0) is 12.6. The number of aliphatic carboxylic acids is 2. The molecule has 88 valence electrons. The van der Waals surface area contributed by atoms with Crippen LogP contribution >= 0.6 is 0 Å². The molecule has 0 spiro atoms. The molecule has 6 nitrogen and oxygen atoms in total. The van der Waals surface area contributed by atoms with Crippen molar-refractivity contribution in [2.24, 2.45) is 0 Å². The summed E-state index contributed by atoms with van der Waals surface area (Å²) in [6, 6.07) is 0. The SMILES string of the molecule is CN1CCC=CC1=N.O=C(O)/C=C/C(=O)O. The molecule has 0 amide bonds. The molecule has 1 heterocycles. The molecule has 1 aliphatic heterocycles. The van der Waals surface area contributed by atoms with Gasteiger partial charge in [0.15, 0.2) is 0 Å². The number of carboxylic acids is 2. The summed E-state index contributed by atoms with van der Waals surface area (Å²) in [5.41, 5.74) is 0. The van der Waals surface area contributed by atoms with E-state index in [0.29, 0.717) is 18.0 Å². The Morgan fingerprint density at radius 2 is 1.88 bits per heavy atom. The lowest BCUT2D eigenvalue weighted by Gasteiger charge is -2.19. The smallest absolute Gasteiger partial charge is 0.328 e. The maximum absolute atomic E-state index is 9.55. The number of likely N-dealkylation sites (N-methyl/N-ethyl adjacent to an activating group) is 1. The van der Waals surface area contributed by atoms with Crippen molar-refractivity contribution in [2.75, 3.05) is 13.6 Å². The van der Waals surface area contributed by atoms with Gasteiger partial charge in [0.25, 0.3) is 0 Å². The number of hydrogen-bond donors (Lipinski definition) is 3. The quantitative estimate of drug-likeness (QED) is 0.597. The van der Waals surface area contributed by atoms with E-state index in [0.717, 1.165) is 13.0 Å². The van der Waals surface area contributed by atoms with Crippen molar-refractivity contribution in [3.63, 3.8) is 0 Å². The molecule has 0 bridgehead atoms. The first-order valence-corrected chi connectivity index (χ1v) is 4.53. The number of carbonyl (C=O) groups is 2. The van der Waals surface area contributed by atoms with Gasteiger partial charge in [0.2, 0.25) is 0 Å². The van der Waals surface area contributed by atoms with Crippen LogP contribution in [0.4, 0.5) is 0 Å². The zero-order valence-corrected chi connectivity index (χ0v) is 8.88. The minimum Gasteiger partial charge on any atom is -0.478 e. The van der Waals surface area contributed by atoms with Gasteiger partial charge >= 0.3 is 11.9 Å². The highest BCUT2D eigenvalue weighted by atomic mass is 16.4. The highest BCUT2D eigenvalue weighted by Gasteiger charge is 2.02. The van der Waals surface area contributed by atoms with Crippen molar-refractivity contribution in [2.45, 2.75) is 6.42 Å². The van der Waals surface area contributed by atoms with Gasteiger partial charge in [-0.25, -0.2) is 9.59 Å². The van der Waals surface area contributed by atoms with Crippen LogP contribution in [-0.4, -0.2) is 46.5 Å². The van der Waals surface area contributed by atoms with E-state index in [-0.39, 0.29) is 0 Å². The lowest BCUT2D eigenvalue weighted by Crippen LogP contribution is -2.27. The third-order valence-corrected chi connectivity index (χ3v) is 1.69. The molecule has 0 fully saturated rings. The molecule has 0 atom stereocenters. The fourth-order valence-corrected chi connectivity index (χ4v) is 0.853. The first-order chi connectivity index (χ1) is 7.43. The average Bonchev–Trinajstić information content (AvgIpc) is 2.20. The first kappa shape index (κ1) is 13.9. The van der Waals surface area contributed by atoms with Gasteiger partial charge in [-0.05, 0) is 12.5 Å². The van der Waals surface area contributed by atoms with Crippen molar-refractivity contribution in [1.29, 1.82) is 5.41 Å². The Bertz CT molecular complexity index is 318. The van der Waals surface area contributed by atoms with Gasteiger partial charge in [-0.15, -0.1) is 0 Å². The molecule has 0 aromatic carbocycles. The second-order valence-corrected chi connectivity index (χ2v) is 3.01. The Labute approximate surface area is 93.0 Å². The van der Waals surface area contributed by atoms with Crippen molar-refractivity contribution in [3.05, 3.63) is 24.3 Å². The Morgan fingerprint density at radius 1 is 1.38 bits per heavy atom. The summed E-state index contributed by atoms with van der Waals surface area (Å²) < 4.78 is 0. The van der Waals surface area contributed by atoms with Crippen LogP contribution in [0.2, 0.25) is 0 Å². The van der Waals surface area contributed by atoms with Crippen molar-refractivity contribution >= 4 is 17.8 Å². The molecule has 0 aromatic heterocycles. The van der Waals surface area contributed by atoms with Crippen LogP contribution in [0.3, 0.4) is 0 Å². The molecule has 1 rings (SSSR count). The Balaban J connectivity index is 0.000000281. The molecule has 0 saturated heterocycles. The van der Waals surface area contributed by atoms with E-state index in [1.165, 1.54) is 0 Å². The molecule has 0 saturated carbocycles. The highest BCUT2D eigenvalue weighted by molar-refractivity contribution is 5.90. The van der Waals surface area contributed by atoms with E-state index < -0.39 is 11.9 Å². The van der Waals surface area contributed by atoms with E-state index in [1.807, 2.05) is 24.1 Å². The van der Waals surface area contributed by atoms with Crippen LogP contribution in [0.5, 0.6) is 0 Å². The molecule has 0 aliphatic carbocycles. The molecule has 1 aliphatic rings. The summed E-state index contributed by atoms with van der Waals surface area (Å²) in [5.74, 6) is -1.89. The normalized spacial score (nSPS) is 14.6. The molecule has 0 unspecified atom stereocenters. The lowest BCUT2D eigenvalue weighted by atomic mass is 10.2. The number of hydrogen-bond acceptors (Lipinski definition) is 3. The van der Waals surface area contributed by atoms with Gasteiger partial charge in [0, 0.05) is 25.7 Å². The predicted octanol–water partition coefficient (Wildman–Crippen LogP) is 0.567. The van der Waals surface area contributed by atoms with Gasteiger partial charge in [-0.1, -0.05) is 6.08 Å². The summed E-state index contributed by atoms with van der Waals surface area (Å²) in [6.07, 6.45) is 6.06. The number of rotatable bonds is 2. The van der Waals surface area contributed by atoms with Gasteiger partial charge in [-0.3, -0.25) is 5.41 Å². The summed E-state index contributed by atoms with van der Waals surface area (Å²) in [6.45, 7) is 0.995. The summed E-state index contributed by atoms with van der Waals surface area (Å²) in [5, 5.41) is 22.9. The predicted molar refractivity (Wildman–Crippen MR) is 58.5 cm³/mol. The fraction of sp³-hybridized carbons (Fsp3) is 0.300. The van der Waals surface area contributed by atoms with Crippen LogP contribution in [0.1, 0.15) is 6.42 Å². The molecular formula is C10H14N2O4. The van der Waals surface area contributed by atoms with Crippen LogP contribution < -0.4 is 0 Å². The molecular weight excluding hydrogens is 212 g/mol. The van der Waals surface area contributed by atoms with Crippen LogP contribution in [0.15, 0.2) is 24.3 Å². The number of amidine groups is 1. The monoisotopic (exact) mass is 226 g/mol. The molecule has 0 aromatic rings. The van der Waals surface area contributed by atoms with E-state index in [1.54, 1.807) is 0 Å². The van der Waals surface area contributed by atoms with Crippen LogP contribution in [0.25, 0.3) is 0 Å². The van der Waals surface area contributed by atoms with Gasteiger partial charge < -0.3 is 15.1 Å². The summed E-state index contributed by atoms with van der Waals surface area (Å²) in [4.78, 5) is 21.0. The number of nitrogens with zero attached hydrogens (tertiary/aromatic N) is 1. The second-order valence-electron chi connectivity index (χ2n) is 3.01. The first-order valence-electron chi connectivity index (χ1n) is 4.53. The van der Waals surface area contributed by atoms with Gasteiger partial charge in [0.1, 0.15) is 5.84 Å². The number of carboxylic acid groups (broad SMARTS) is 2. The molecule has 0 radical (unpaired) electrons. The lowest BCUT2D eigenvalue weighted by molar-refractivity contribution is -0.134.